The molecule has 0 spiro atoms. The molecule has 0 atom stereocenters. The van der Waals surface area contributed by atoms with E-state index < -0.39 is 5.82 Å². The van der Waals surface area contributed by atoms with Crippen molar-refractivity contribution in [3.05, 3.63) is 29.6 Å². The highest BCUT2D eigenvalue weighted by atomic mass is 79.9. The Morgan fingerprint density at radius 1 is 1.42 bits per heavy atom. The average Bonchev–Trinajstić information content (AvgIpc) is 2.85. The van der Waals surface area contributed by atoms with Crippen molar-refractivity contribution in [1.82, 2.24) is 0 Å². The van der Waals surface area contributed by atoms with Gasteiger partial charge in [-0.2, -0.15) is 0 Å². The van der Waals surface area contributed by atoms with Crippen LogP contribution in [0.15, 0.2) is 18.2 Å². The lowest BCUT2D eigenvalue weighted by Crippen LogP contribution is -2.27. The van der Waals surface area contributed by atoms with Crippen LogP contribution in [0, 0.1) is 11.2 Å². The molecule has 19 heavy (non-hydrogen) atoms. The van der Waals surface area contributed by atoms with Gasteiger partial charge in [0.2, 0.25) is 0 Å². The third-order valence-electron chi connectivity index (χ3n) is 3.81. The summed E-state index contributed by atoms with van der Waals surface area (Å²) >= 11 is 3.55. The fourth-order valence-corrected chi connectivity index (χ4v) is 3.27. The summed E-state index contributed by atoms with van der Waals surface area (Å²) in [5.74, 6) is -0.282. The number of halogens is 2. The number of ether oxygens (including phenoxy) is 1. The van der Waals surface area contributed by atoms with Crippen LogP contribution < -0.4 is 4.74 Å². The SMILES string of the molecule is CC(=O)c1ccc(OCC2(CBr)CCCC2)cc1F. The monoisotopic (exact) mass is 328 g/mol. The van der Waals surface area contributed by atoms with E-state index in [0.29, 0.717) is 12.4 Å². The number of hydrogen-bond donors (Lipinski definition) is 0. The molecule has 0 bridgehead atoms. The van der Waals surface area contributed by atoms with Crippen LogP contribution in [0.5, 0.6) is 5.75 Å². The molecule has 1 aliphatic carbocycles. The second-order valence-corrected chi connectivity index (χ2v) is 5.89. The van der Waals surface area contributed by atoms with Gasteiger partial charge < -0.3 is 4.74 Å². The van der Waals surface area contributed by atoms with Crippen LogP contribution in [0.1, 0.15) is 43.0 Å². The van der Waals surface area contributed by atoms with E-state index in [1.54, 1.807) is 6.07 Å². The Labute approximate surface area is 121 Å². The molecule has 0 radical (unpaired) electrons. The minimum Gasteiger partial charge on any atom is -0.493 e. The molecule has 104 valence electrons. The fraction of sp³-hybridized carbons (Fsp3) is 0.533. The molecule has 1 aromatic rings. The van der Waals surface area contributed by atoms with Crippen LogP contribution in [0.4, 0.5) is 4.39 Å². The molecule has 1 aliphatic rings. The van der Waals surface area contributed by atoms with Gasteiger partial charge in [0.05, 0.1) is 12.2 Å². The average molecular weight is 329 g/mol. The van der Waals surface area contributed by atoms with Crippen LogP contribution in [0.2, 0.25) is 0 Å². The molecular weight excluding hydrogens is 311 g/mol. The zero-order chi connectivity index (χ0) is 13.9. The maximum atomic E-state index is 13.7. The molecule has 1 fully saturated rings. The number of ketones is 1. The highest BCUT2D eigenvalue weighted by Crippen LogP contribution is 2.40. The summed E-state index contributed by atoms with van der Waals surface area (Å²) in [5, 5.41) is 0.911. The van der Waals surface area contributed by atoms with Crippen molar-refractivity contribution in [3.63, 3.8) is 0 Å². The number of alkyl halides is 1. The number of benzene rings is 1. The minimum atomic E-state index is -0.510. The number of Topliss-reactive ketones (excluding diaryl/α,β-unsaturated/α-hetero) is 1. The molecule has 4 heteroatoms. The van der Waals surface area contributed by atoms with Crippen LogP contribution in [-0.2, 0) is 0 Å². The van der Waals surface area contributed by atoms with Gasteiger partial charge >= 0.3 is 0 Å². The maximum Gasteiger partial charge on any atom is 0.162 e. The van der Waals surface area contributed by atoms with Crippen molar-refractivity contribution in [2.45, 2.75) is 32.6 Å². The lowest BCUT2D eigenvalue weighted by atomic mass is 9.90. The highest BCUT2D eigenvalue weighted by Gasteiger charge is 2.33. The molecule has 0 amide bonds. The van der Waals surface area contributed by atoms with Crippen LogP contribution in [0.3, 0.4) is 0 Å². The molecule has 0 aliphatic heterocycles. The first kappa shape index (κ1) is 14.5. The zero-order valence-electron chi connectivity index (χ0n) is 11.0. The van der Waals surface area contributed by atoms with E-state index >= 15 is 0 Å². The van der Waals surface area contributed by atoms with E-state index in [9.17, 15) is 9.18 Å². The Hall–Kier alpha value is -0.900. The Kier molecular flexibility index (Phi) is 4.61. The van der Waals surface area contributed by atoms with E-state index in [-0.39, 0.29) is 16.8 Å². The standard InChI is InChI=1S/C15H18BrFO2/c1-11(18)13-5-4-12(8-14(13)17)19-10-15(9-16)6-2-3-7-15/h4-5,8H,2-3,6-7,9-10H2,1H3. The van der Waals surface area contributed by atoms with Crippen molar-refractivity contribution in [2.24, 2.45) is 5.41 Å². The molecule has 2 rings (SSSR count). The summed E-state index contributed by atoms with van der Waals surface area (Å²) in [5.41, 5.74) is 0.291. The summed E-state index contributed by atoms with van der Waals surface area (Å²) in [4.78, 5) is 11.2. The summed E-state index contributed by atoms with van der Waals surface area (Å²) in [6.07, 6.45) is 4.75. The van der Waals surface area contributed by atoms with Crippen molar-refractivity contribution in [2.75, 3.05) is 11.9 Å². The summed E-state index contributed by atoms with van der Waals surface area (Å²) in [7, 11) is 0. The third kappa shape index (κ3) is 3.35. The summed E-state index contributed by atoms with van der Waals surface area (Å²) in [6.45, 7) is 1.95. The van der Waals surface area contributed by atoms with E-state index in [4.69, 9.17) is 4.74 Å². The molecule has 0 aromatic heterocycles. The summed E-state index contributed by atoms with van der Waals surface area (Å²) < 4.78 is 19.4. The van der Waals surface area contributed by atoms with Crippen LogP contribution in [0.25, 0.3) is 0 Å². The van der Waals surface area contributed by atoms with Crippen LogP contribution in [-0.4, -0.2) is 17.7 Å². The predicted molar refractivity (Wildman–Crippen MR) is 76.6 cm³/mol. The Morgan fingerprint density at radius 3 is 2.63 bits per heavy atom. The van der Waals surface area contributed by atoms with E-state index in [1.807, 2.05) is 0 Å². The fourth-order valence-electron chi connectivity index (χ4n) is 2.55. The zero-order valence-corrected chi connectivity index (χ0v) is 12.6. The predicted octanol–water partition coefficient (Wildman–Crippen LogP) is 4.36. The lowest BCUT2D eigenvalue weighted by molar-refractivity contribution is 0.101. The van der Waals surface area contributed by atoms with Gasteiger partial charge in [0.15, 0.2) is 5.78 Å². The van der Waals surface area contributed by atoms with Gasteiger partial charge in [-0.1, -0.05) is 28.8 Å². The molecule has 0 heterocycles. The van der Waals surface area contributed by atoms with Gasteiger partial charge in [0.1, 0.15) is 11.6 Å². The summed E-state index contributed by atoms with van der Waals surface area (Å²) in [6, 6.07) is 4.45. The van der Waals surface area contributed by atoms with E-state index in [0.717, 1.165) is 18.2 Å². The Balaban J connectivity index is 2.03. The van der Waals surface area contributed by atoms with E-state index in [1.165, 1.54) is 31.9 Å². The molecule has 1 saturated carbocycles. The maximum absolute atomic E-state index is 13.7. The van der Waals surface area contributed by atoms with Gasteiger partial charge in [-0.15, -0.1) is 0 Å². The van der Waals surface area contributed by atoms with Gasteiger partial charge in [-0.05, 0) is 31.9 Å². The normalized spacial score (nSPS) is 17.4. The topological polar surface area (TPSA) is 26.3 Å². The second kappa shape index (κ2) is 6.04. The number of rotatable bonds is 5. The second-order valence-electron chi connectivity index (χ2n) is 5.33. The number of carbonyl (C=O) groups excluding carboxylic acids is 1. The van der Waals surface area contributed by atoms with Gasteiger partial charge in [-0.3, -0.25) is 4.79 Å². The van der Waals surface area contributed by atoms with Crippen molar-refractivity contribution < 1.29 is 13.9 Å². The van der Waals surface area contributed by atoms with Gasteiger partial charge in [0.25, 0.3) is 0 Å². The van der Waals surface area contributed by atoms with Gasteiger partial charge in [-0.25, -0.2) is 4.39 Å². The molecule has 2 nitrogen and oxygen atoms in total. The lowest BCUT2D eigenvalue weighted by Gasteiger charge is -2.26. The van der Waals surface area contributed by atoms with Crippen LogP contribution >= 0.6 is 15.9 Å². The molecular formula is C15H18BrFO2. The highest BCUT2D eigenvalue weighted by molar-refractivity contribution is 9.09. The molecule has 0 saturated heterocycles. The number of hydrogen-bond acceptors (Lipinski definition) is 2. The molecule has 0 N–H and O–H groups in total. The smallest absolute Gasteiger partial charge is 0.162 e. The first-order valence-corrected chi connectivity index (χ1v) is 7.68. The quantitative estimate of drug-likeness (QED) is 0.592. The van der Waals surface area contributed by atoms with Crippen molar-refractivity contribution >= 4 is 21.7 Å². The van der Waals surface area contributed by atoms with Crippen molar-refractivity contribution in [3.8, 4) is 5.75 Å². The minimum absolute atomic E-state index is 0.114. The van der Waals surface area contributed by atoms with E-state index in [2.05, 4.69) is 15.9 Å². The Morgan fingerprint density at radius 2 is 2.11 bits per heavy atom. The third-order valence-corrected chi connectivity index (χ3v) is 5.00. The molecule has 0 unspecified atom stereocenters. The van der Waals surface area contributed by atoms with Gasteiger partial charge in [0, 0.05) is 16.8 Å². The largest absolute Gasteiger partial charge is 0.493 e. The first-order chi connectivity index (χ1) is 9.06. The number of carbonyl (C=O) groups is 1. The first-order valence-electron chi connectivity index (χ1n) is 6.56. The van der Waals surface area contributed by atoms with Crippen molar-refractivity contribution in [1.29, 1.82) is 0 Å². The molecule has 1 aromatic carbocycles. The Bertz CT molecular complexity index is 467.